The maximum Gasteiger partial charge on any atom is 0.340 e. The number of anilines is 1. The fraction of sp³-hybridized carbons (Fsp3) is 0.261. The van der Waals surface area contributed by atoms with Crippen molar-refractivity contribution in [2.24, 2.45) is 0 Å². The normalized spacial score (nSPS) is 14.4. The van der Waals surface area contributed by atoms with E-state index in [9.17, 15) is 4.79 Å². The van der Waals surface area contributed by atoms with E-state index in [1.54, 1.807) is 6.20 Å². The number of fused-ring (bicyclic) bond motifs is 2. The van der Waals surface area contributed by atoms with E-state index in [0.717, 1.165) is 46.7 Å². The Balaban J connectivity index is 1.82. The molecule has 4 aromatic rings. The van der Waals surface area contributed by atoms with Crippen molar-refractivity contribution in [3.63, 3.8) is 0 Å². The Labute approximate surface area is 184 Å². The smallest absolute Gasteiger partial charge is 0.340 e. The first-order valence-electron chi connectivity index (χ1n) is 10.1. The lowest BCUT2D eigenvalue weighted by molar-refractivity contribution is 0.0603. The van der Waals surface area contributed by atoms with Crippen LogP contribution in [0.15, 0.2) is 42.6 Å². The van der Waals surface area contributed by atoms with E-state index in [4.69, 9.17) is 26.1 Å². The van der Waals surface area contributed by atoms with Crippen LogP contribution in [0, 0.1) is 6.92 Å². The molecule has 0 spiro atoms. The van der Waals surface area contributed by atoms with Gasteiger partial charge in [0.1, 0.15) is 11.3 Å². The summed E-state index contributed by atoms with van der Waals surface area (Å²) in [4.78, 5) is 24.0. The van der Waals surface area contributed by atoms with Gasteiger partial charge in [-0.1, -0.05) is 17.7 Å². The molecule has 5 rings (SSSR count). The highest BCUT2D eigenvalue weighted by molar-refractivity contribution is 6.36. The summed E-state index contributed by atoms with van der Waals surface area (Å²) < 4.78 is 12.6. The second-order valence-corrected chi connectivity index (χ2v) is 7.82. The van der Waals surface area contributed by atoms with Gasteiger partial charge in [-0.3, -0.25) is 9.55 Å². The molecule has 0 amide bonds. The summed E-state index contributed by atoms with van der Waals surface area (Å²) in [6.07, 6.45) is 1.76. The van der Waals surface area contributed by atoms with Gasteiger partial charge in [-0.15, -0.1) is 0 Å². The van der Waals surface area contributed by atoms with Crippen LogP contribution in [0.5, 0.6) is 0 Å². The molecule has 2 aromatic heterocycles. The number of esters is 1. The van der Waals surface area contributed by atoms with E-state index in [1.807, 2.05) is 41.8 Å². The third-order valence-electron chi connectivity index (χ3n) is 5.63. The number of pyridine rings is 1. The Morgan fingerprint density at radius 1 is 1.19 bits per heavy atom. The predicted octanol–water partition coefficient (Wildman–Crippen LogP) is 4.16. The van der Waals surface area contributed by atoms with Gasteiger partial charge in [0.25, 0.3) is 0 Å². The predicted molar refractivity (Wildman–Crippen MR) is 120 cm³/mol. The van der Waals surface area contributed by atoms with Crippen LogP contribution in [-0.2, 0) is 9.47 Å². The maximum atomic E-state index is 12.6. The standard InChI is InChI=1S/C23H21ClN4O3/c1-14-26-22-16(23(29)30-2)12-15(27-8-10-31-11-9-27)13-20(22)28(14)19-6-7-25-18-5-3-4-17(24)21(18)19/h3-7,12-13H,8-11H2,1-2H3. The summed E-state index contributed by atoms with van der Waals surface area (Å²) in [5.74, 6) is 0.328. The Hall–Kier alpha value is -3.16. The van der Waals surface area contributed by atoms with Gasteiger partial charge in [-0.2, -0.15) is 0 Å². The Kier molecular flexibility index (Phi) is 5.00. The van der Waals surface area contributed by atoms with E-state index in [-0.39, 0.29) is 0 Å². The second-order valence-electron chi connectivity index (χ2n) is 7.41. The fourth-order valence-corrected chi connectivity index (χ4v) is 4.45. The number of aryl methyl sites for hydroxylation is 1. The van der Waals surface area contributed by atoms with Crippen LogP contribution in [0.1, 0.15) is 16.2 Å². The molecule has 1 saturated heterocycles. The molecule has 31 heavy (non-hydrogen) atoms. The lowest BCUT2D eigenvalue weighted by Gasteiger charge is -2.29. The molecule has 0 unspecified atom stereocenters. The molecule has 0 atom stereocenters. The maximum absolute atomic E-state index is 12.6. The highest BCUT2D eigenvalue weighted by atomic mass is 35.5. The molecular weight excluding hydrogens is 416 g/mol. The van der Waals surface area contributed by atoms with Gasteiger partial charge in [-0.05, 0) is 37.3 Å². The Bertz CT molecular complexity index is 1310. The summed E-state index contributed by atoms with van der Waals surface area (Å²) in [5, 5.41) is 1.45. The molecular formula is C23H21ClN4O3. The molecule has 0 radical (unpaired) electrons. The van der Waals surface area contributed by atoms with Crippen molar-refractivity contribution >= 4 is 45.2 Å². The number of carbonyl (C=O) groups is 1. The average molecular weight is 437 g/mol. The Morgan fingerprint density at radius 3 is 2.77 bits per heavy atom. The number of rotatable bonds is 3. The van der Waals surface area contributed by atoms with Gasteiger partial charge in [0.15, 0.2) is 0 Å². The van der Waals surface area contributed by atoms with Crippen molar-refractivity contribution < 1.29 is 14.3 Å². The van der Waals surface area contributed by atoms with Gasteiger partial charge < -0.3 is 14.4 Å². The number of hydrogen-bond donors (Lipinski definition) is 0. The molecule has 3 heterocycles. The van der Waals surface area contributed by atoms with E-state index in [1.165, 1.54) is 7.11 Å². The first-order valence-corrected chi connectivity index (χ1v) is 10.4. The Morgan fingerprint density at radius 2 is 2.00 bits per heavy atom. The van der Waals surface area contributed by atoms with E-state index >= 15 is 0 Å². The minimum atomic E-state index is -0.414. The number of imidazole rings is 1. The van der Waals surface area contributed by atoms with Gasteiger partial charge in [0.2, 0.25) is 0 Å². The molecule has 0 saturated carbocycles. The zero-order chi connectivity index (χ0) is 21.5. The van der Waals surface area contributed by atoms with Gasteiger partial charge in [0.05, 0.1) is 47.6 Å². The third-order valence-corrected chi connectivity index (χ3v) is 5.94. The van der Waals surface area contributed by atoms with Gasteiger partial charge in [0, 0.05) is 30.4 Å². The van der Waals surface area contributed by atoms with Crippen molar-refractivity contribution in [3.05, 3.63) is 59.0 Å². The lowest BCUT2D eigenvalue weighted by atomic mass is 10.1. The summed E-state index contributed by atoms with van der Waals surface area (Å²) >= 11 is 6.57. The van der Waals surface area contributed by atoms with Crippen molar-refractivity contribution in [1.29, 1.82) is 0 Å². The zero-order valence-electron chi connectivity index (χ0n) is 17.3. The molecule has 0 aliphatic carbocycles. The number of carbonyl (C=O) groups excluding carboxylic acids is 1. The van der Waals surface area contributed by atoms with Crippen LogP contribution in [0.4, 0.5) is 5.69 Å². The molecule has 0 bridgehead atoms. The third kappa shape index (κ3) is 3.30. The van der Waals surface area contributed by atoms with E-state index in [2.05, 4.69) is 16.0 Å². The molecule has 8 heteroatoms. The summed E-state index contributed by atoms with van der Waals surface area (Å²) in [5.41, 5.74) is 4.44. The highest BCUT2D eigenvalue weighted by Crippen LogP contribution is 2.34. The molecule has 1 aliphatic rings. The number of hydrogen-bond acceptors (Lipinski definition) is 6. The first kappa shape index (κ1) is 19.8. The minimum Gasteiger partial charge on any atom is -0.465 e. The molecule has 1 fully saturated rings. The quantitative estimate of drug-likeness (QED) is 0.449. The van der Waals surface area contributed by atoms with Crippen molar-refractivity contribution in [1.82, 2.24) is 14.5 Å². The van der Waals surface area contributed by atoms with Crippen LogP contribution >= 0.6 is 11.6 Å². The van der Waals surface area contributed by atoms with Crippen LogP contribution in [0.2, 0.25) is 5.02 Å². The first-order chi connectivity index (χ1) is 15.1. The molecule has 1 aliphatic heterocycles. The average Bonchev–Trinajstić information content (AvgIpc) is 3.13. The summed E-state index contributed by atoms with van der Waals surface area (Å²) in [6, 6.07) is 11.5. The van der Waals surface area contributed by atoms with Gasteiger partial charge >= 0.3 is 5.97 Å². The monoisotopic (exact) mass is 436 g/mol. The zero-order valence-corrected chi connectivity index (χ0v) is 18.0. The van der Waals surface area contributed by atoms with E-state index in [0.29, 0.717) is 29.3 Å². The van der Waals surface area contributed by atoms with Crippen molar-refractivity contribution in [2.45, 2.75) is 6.92 Å². The number of nitrogens with zero attached hydrogens (tertiary/aromatic N) is 4. The minimum absolute atomic E-state index is 0.414. The number of benzene rings is 2. The summed E-state index contributed by atoms with van der Waals surface area (Å²) in [6.45, 7) is 4.72. The van der Waals surface area contributed by atoms with Crippen molar-refractivity contribution in [2.75, 3.05) is 38.3 Å². The molecule has 0 N–H and O–H groups in total. The SMILES string of the molecule is COC(=O)c1cc(N2CCOCC2)cc2c1nc(C)n2-c1ccnc2cccc(Cl)c12. The number of halogens is 1. The van der Waals surface area contributed by atoms with Crippen LogP contribution in [0.25, 0.3) is 27.6 Å². The number of morpholine rings is 1. The second kappa shape index (κ2) is 7.83. The number of methoxy groups -OCH3 is 1. The molecule has 158 valence electrons. The lowest BCUT2D eigenvalue weighted by Crippen LogP contribution is -2.36. The van der Waals surface area contributed by atoms with Crippen LogP contribution in [0.3, 0.4) is 0 Å². The molecule has 2 aromatic carbocycles. The van der Waals surface area contributed by atoms with Crippen LogP contribution < -0.4 is 4.90 Å². The summed E-state index contributed by atoms with van der Waals surface area (Å²) in [7, 11) is 1.38. The van der Waals surface area contributed by atoms with Gasteiger partial charge in [-0.25, -0.2) is 9.78 Å². The largest absolute Gasteiger partial charge is 0.465 e. The topological polar surface area (TPSA) is 69.5 Å². The van der Waals surface area contributed by atoms with Crippen molar-refractivity contribution in [3.8, 4) is 5.69 Å². The number of aromatic nitrogens is 3. The highest BCUT2D eigenvalue weighted by Gasteiger charge is 2.23. The molecule has 7 nitrogen and oxygen atoms in total. The van der Waals surface area contributed by atoms with Crippen LogP contribution in [-0.4, -0.2) is 53.9 Å². The number of ether oxygens (including phenoxy) is 2. The fourth-order valence-electron chi connectivity index (χ4n) is 4.18. The van der Waals surface area contributed by atoms with E-state index < -0.39 is 5.97 Å².